The Morgan fingerprint density at radius 1 is 1.17 bits per heavy atom. The van der Waals surface area contributed by atoms with Crippen LogP contribution in [0.15, 0.2) is 29.3 Å². The molecule has 0 aliphatic carbocycles. The number of anilines is 1. The van der Waals surface area contributed by atoms with Crippen LogP contribution in [-0.4, -0.2) is 52.7 Å². The molecule has 0 spiro atoms. The fourth-order valence-corrected chi connectivity index (χ4v) is 4.43. The van der Waals surface area contributed by atoms with Gasteiger partial charge >= 0.3 is 0 Å². The van der Waals surface area contributed by atoms with Gasteiger partial charge in [-0.05, 0) is 43.5 Å². The largest absolute Gasteiger partial charge is 0.352 e. The standard InChI is InChI=1S/C21H28N4O3S/c1-2-3-4-11-22-19(27)15-7-9-16(10-8-15)23-18(26)14-17-20(28)24-21(29-17)25-12-5-6-13-25/h7-10,17H,2-6,11-14H2,1H3,(H,22,27)(H,23,26)/t17-/m1/s1. The Bertz CT molecular complexity index is 773. The Balaban J connectivity index is 1.45. The van der Waals surface area contributed by atoms with Gasteiger partial charge in [0.2, 0.25) is 5.91 Å². The van der Waals surface area contributed by atoms with Crippen LogP contribution >= 0.6 is 11.8 Å². The van der Waals surface area contributed by atoms with Gasteiger partial charge in [0.05, 0.1) is 0 Å². The highest BCUT2D eigenvalue weighted by molar-refractivity contribution is 8.15. The Kier molecular flexibility index (Phi) is 7.69. The number of benzene rings is 1. The van der Waals surface area contributed by atoms with Crippen molar-refractivity contribution < 1.29 is 14.4 Å². The first-order chi connectivity index (χ1) is 14.1. The minimum Gasteiger partial charge on any atom is -0.352 e. The number of hydrogen-bond acceptors (Lipinski definition) is 5. The number of nitrogens with one attached hydrogen (secondary N) is 2. The summed E-state index contributed by atoms with van der Waals surface area (Å²) in [6.45, 7) is 4.64. The van der Waals surface area contributed by atoms with E-state index in [1.54, 1.807) is 24.3 Å². The van der Waals surface area contributed by atoms with E-state index in [2.05, 4.69) is 27.4 Å². The second-order valence-electron chi connectivity index (χ2n) is 7.33. The van der Waals surface area contributed by atoms with E-state index in [0.717, 1.165) is 50.4 Å². The molecule has 2 aliphatic heterocycles. The third kappa shape index (κ3) is 6.06. The average molecular weight is 417 g/mol. The van der Waals surface area contributed by atoms with Crippen molar-refractivity contribution in [1.29, 1.82) is 0 Å². The van der Waals surface area contributed by atoms with Crippen molar-refractivity contribution in [3.63, 3.8) is 0 Å². The molecule has 2 N–H and O–H groups in total. The highest BCUT2D eigenvalue weighted by Crippen LogP contribution is 2.29. The van der Waals surface area contributed by atoms with E-state index in [-0.39, 0.29) is 24.1 Å². The molecule has 1 fully saturated rings. The number of likely N-dealkylation sites (tertiary alicyclic amines) is 1. The number of amides is 3. The lowest BCUT2D eigenvalue weighted by molar-refractivity contribution is -0.121. The number of carbonyl (C=O) groups is 3. The summed E-state index contributed by atoms with van der Waals surface area (Å²) in [5.74, 6) is -0.578. The molecule has 1 aromatic carbocycles. The summed E-state index contributed by atoms with van der Waals surface area (Å²) < 4.78 is 0. The zero-order chi connectivity index (χ0) is 20.6. The van der Waals surface area contributed by atoms with Crippen LogP contribution in [0.2, 0.25) is 0 Å². The van der Waals surface area contributed by atoms with Crippen LogP contribution in [0.3, 0.4) is 0 Å². The number of aliphatic imine (C=N–C) groups is 1. The number of thioether (sulfide) groups is 1. The number of nitrogens with zero attached hydrogens (tertiary/aromatic N) is 2. The molecule has 3 rings (SSSR count). The van der Waals surface area contributed by atoms with Crippen molar-refractivity contribution in [3.05, 3.63) is 29.8 Å². The summed E-state index contributed by atoms with van der Waals surface area (Å²) in [6.07, 6.45) is 5.50. The second-order valence-corrected chi connectivity index (χ2v) is 8.50. The summed E-state index contributed by atoms with van der Waals surface area (Å²) in [5.41, 5.74) is 1.17. The third-order valence-corrected chi connectivity index (χ3v) is 6.19. The first kappa shape index (κ1) is 21.4. The topological polar surface area (TPSA) is 90.9 Å². The van der Waals surface area contributed by atoms with Gasteiger partial charge in [0, 0.05) is 37.3 Å². The smallest absolute Gasteiger partial charge is 0.262 e. The molecule has 29 heavy (non-hydrogen) atoms. The molecule has 1 aromatic rings. The molecule has 0 bridgehead atoms. The van der Waals surface area contributed by atoms with Crippen LogP contribution in [0, 0.1) is 0 Å². The lowest BCUT2D eigenvalue weighted by Gasteiger charge is -2.16. The van der Waals surface area contributed by atoms with E-state index in [9.17, 15) is 14.4 Å². The van der Waals surface area contributed by atoms with Crippen LogP contribution in [0.25, 0.3) is 0 Å². The van der Waals surface area contributed by atoms with E-state index >= 15 is 0 Å². The summed E-state index contributed by atoms with van der Waals surface area (Å²) >= 11 is 1.38. The second kappa shape index (κ2) is 10.4. The Labute approximate surface area is 175 Å². The predicted octanol–water partition coefficient (Wildman–Crippen LogP) is 3.03. The molecule has 2 aliphatic rings. The van der Waals surface area contributed by atoms with Gasteiger partial charge in [0.1, 0.15) is 5.25 Å². The molecule has 0 aromatic heterocycles. The minimum absolute atomic E-state index is 0.0873. The highest BCUT2D eigenvalue weighted by atomic mass is 32.2. The van der Waals surface area contributed by atoms with Gasteiger partial charge in [-0.1, -0.05) is 31.5 Å². The number of rotatable bonds is 8. The summed E-state index contributed by atoms with van der Waals surface area (Å²) in [6, 6.07) is 6.78. The monoisotopic (exact) mass is 416 g/mol. The molecule has 1 saturated heterocycles. The fraction of sp³-hybridized carbons (Fsp3) is 0.524. The van der Waals surface area contributed by atoms with Crippen molar-refractivity contribution in [2.75, 3.05) is 25.0 Å². The predicted molar refractivity (Wildman–Crippen MR) is 116 cm³/mol. The minimum atomic E-state index is -0.459. The van der Waals surface area contributed by atoms with E-state index in [4.69, 9.17) is 0 Å². The molecule has 2 heterocycles. The quantitative estimate of drug-likeness (QED) is 0.636. The van der Waals surface area contributed by atoms with Gasteiger partial charge in [-0.3, -0.25) is 14.4 Å². The van der Waals surface area contributed by atoms with Gasteiger partial charge < -0.3 is 15.5 Å². The van der Waals surface area contributed by atoms with Crippen LogP contribution in [-0.2, 0) is 9.59 Å². The number of unbranched alkanes of at least 4 members (excludes halogenated alkanes) is 2. The number of hydrogen-bond donors (Lipinski definition) is 2. The molecular weight excluding hydrogens is 388 g/mol. The van der Waals surface area contributed by atoms with Crippen molar-refractivity contribution in [1.82, 2.24) is 10.2 Å². The van der Waals surface area contributed by atoms with Gasteiger partial charge in [-0.2, -0.15) is 4.99 Å². The maximum atomic E-state index is 12.3. The molecule has 8 heteroatoms. The molecule has 7 nitrogen and oxygen atoms in total. The summed E-state index contributed by atoms with van der Waals surface area (Å²) in [5, 5.41) is 5.98. The maximum Gasteiger partial charge on any atom is 0.262 e. The van der Waals surface area contributed by atoms with Crippen molar-refractivity contribution in [2.24, 2.45) is 4.99 Å². The molecule has 3 amide bonds. The number of amidine groups is 1. The fourth-order valence-electron chi connectivity index (χ4n) is 3.32. The lowest BCUT2D eigenvalue weighted by Crippen LogP contribution is -2.25. The first-order valence-electron chi connectivity index (χ1n) is 10.3. The Morgan fingerprint density at radius 3 is 2.59 bits per heavy atom. The Hall–Kier alpha value is -2.35. The molecule has 0 unspecified atom stereocenters. The van der Waals surface area contributed by atoms with Crippen molar-refractivity contribution in [3.8, 4) is 0 Å². The molecular formula is C21H28N4O3S. The van der Waals surface area contributed by atoms with Crippen LogP contribution in [0.5, 0.6) is 0 Å². The van der Waals surface area contributed by atoms with Crippen LogP contribution in [0.4, 0.5) is 5.69 Å². The highest BCUT2D eigenvalue weighted by Gasteiger charge is 2.33. The molecule has 0 radical (unpaired) electrons. The summed E-state index contributed by atoms with van der Waals surface area (Å²) in [4.78, 5) is 42.8. The van der Waals surface area contributed by atoms with Crippen LogP contribution < -0.4 is 10.6 Å². The molecule has 0 saturated carbocycles. The SMILES string of the molecule is CCCCCNC(=O)c1ccc(NC(=O)C[C@H]2SC(N3CCCC3)=NC2=O)cc1. The molecule has 1 atom stereocenters. The summed E-state index contributed by atoms with van der Waals surface area (Å²) in [7, 11) is 0. The zero-order valence-electron chi connectivity index (χ0n) is 16.8. The van der Waals surface area contributed by atoms with Gasteiger partial charge in [-0.15, -0.1) is 0 Å². The maximum absolute atomic E-state index is 12.3. The third-order valence-electron chi connectivity index (χ3n) is 4.97. The average Bonchev–Trinajstić information content (AvgIpc) is 3.36. The normalized spacial score (nSPS) is 18.7. The Morgan fingerprint density at radius 2 is 1.90 bits per heavy atom. The van der Waals surface area contributed by atoms with Gasteiger partial charge in [-0.25, -0.2) is 0 Å². The lowest BCUT2D eigenvalue weighted by atomic mass is 10.2. The van der Waals surface area contributed by atoms with Gasteiger partial charge in [0.25, 0.3) is 11.8 Å². The van der Waals surface area contributed by atoms with E-state index in [0.29, 0.717) is 17.8 Å². The van der Waals surface area contributed by atoms with Crippen molar-refractivity contribution in [2.45, 2.75) is 50.7 Å². The van der Waals surface area contributed by atoms with E-state index in [1.807, 2.05) is 0 Å². The van der Waals surface area contributed by atoms with E-state index in [1.165, 1.54) is 11.8 Å². The first-order valence-corrected chi connectivity index (χ1v) is 11.2. The van der Waals surface area contributed by atoms with Crippen molar-refractivity contribution >= 4 is 40.3 Å². The molecule has 156 valence electrons. The zero-order valence-corrected chi connectivity index (χ0v) is 17.6. The van der Waals surface area contributed by atoms with E-state index < -0.39 is 5.25 Å². The number of carbonyl (C=O) groups excluding carboxylic acids is 3. The van der Waals surface area contributed by atoms with Crippen LogP contribution in [0.1, 0.15) is 55.8 Å². The van der Waals surface area contributed by atoms with Gasteiger partial charge in [0.15, 0.2) is 5.17 Å².